The van der Waals surface area contributed by atoms with Gasteiger partial charge in [0.1, 0.15) is 6.61 Å². The molecular weight excluding hydrogens is 256 g/mol. The fourth-order valence-corrected chi connectivity index (χ4v) is 3.04. The molecule has 0 aliphatic heterocycles. The highest BCUT2D eigenvalue weighted by Gasteiger charge is 2.44. The molecule has 0 amide bonds. The van der Waals surface area contributed by atoms with Gasteiger partial charge in [0, 0.05) is 25.9 Å². The lowest BCUT2D eigenvalue weighted by Crippen LogP contribution is -2.50. The van der Waals surface area contributed by atoms with Gasteiger partial charge >= 0.3 is 15.0 Å². The summed E-state index contributed by atoms with van der Waals surface area (Å²) in [6, 6.07) is 0. The average Bonchev–Trinajstić information content (AvgIpc) is 2.35. The number of hydrogen-bond acceptors (Lipinski definition) is 6. The standard InChI is InChI=1S/C11H22O6Si/c1-5-11(12)13-9-10-17-18(14-6-2,15-7-3)16-8-4/h5H,1,6-10H2,2-4H3. The Balaban J connectivity index is 4.20. The Morgan fingerprint density at radius 1 is 1.00 bits per heavy atom. The first-order valence-corrected chi connectivity index (χ1v) is 7.62. The molecule has 0 radical (unpaired) electrons. The summed E-state index contributed by atoms with van der Waals surface area (Å²) in [5.41, 5.74) is 0. The van der Waals surface area contributed by atoms with E-state index in [1.54, 1.807) is 0 Å². The van der Waals surface area contributed by atoms with Crippen molar-refractivity contribution < 1.29 is 27.2 Å². The SMILES string of the molecule is C=CC(=O)OCCO[Si](OCC)(OCC)OCC. The molecule has 0 aliphatic rings. The van der Waals surface area contributed by atoms with Gasteiger partial charge in [-0.15, -0.1) is 0 Å². The van der Waals surface area contributed by atoms with Gasteiger partial charge in [0.15, 0.2) is 0 Å². The van der Waals surface area contributed by atoms with Crippen LogP contribution in [0.1, 0.15) is 20.8 Å². The van der Waals surface area contributed by atoms with Gasteiger partial charge in [-0.05, 0) is 20.8 Å². The molecule has 106 valence electrons. The van der Waals surface area contributed by atoms with Crippen molar-refractivity contribution in [3.63, 3.8) is 0 Å². The van der Waals surface area contributed by atoms with Gasteiger partial charge in [-0.25, -0.2) is 4.79 Å². The Kier molecular flexibility index (Phi) is 9.80. The Hall–Kier alpha value is -0.733. The van der Waals surface area contributed by atoms with E-state index in [0.717, 1.165) is 6.08 Å². The normalized spacial score (nSPS) is 11.3. The molecule has 0 N–H and O–H groups in total. The Morgan fingerprint density at radius 2 is 1.50 bits per heavy atom. The predicted octanol–water partition coefficient (Wildman–Crippen LogP) is 1.28. The van der Waals surface area contributed by atoms with E-state index in [4.69, 9.17) is 22.4 Å². The van der Waals surface area contributed by atoms with Crippen molar-refractivity contribution >= 4 is 15.0 Å². The zero-order valence-electron chi connectivity index (χ0n) is 11.3. The summed E-state index contributed by atoms with van der Waals surface area (Å²) in [5, 5.41) is 0. The van der Waals surface area contributed by atoms with Crippen molar-refractivity contribution in [1.82, 2.24) is 0 Å². The molecule has 0 aromatic carbocycles. The van der Waals surface area contributed by atoms with E-state index in [2.05, 4.69) is 6.58 Å². The van der Waals surface area contributed by atoms with Crippen molar-refractivity contribution in [2.75, 3.05) is 33.0 Å². The van der Waals surface area contributed by atoms with Gasteiger partial charge in [-0.1, -0.05) is 6.58 Å². The number of esters is 1. The van der Waals surface area contributed by atoms with Crippen molar-refractivity contribution in [1.29, 1.82) is 0 Å². The van der Waals surface area contributed by atoms with Crippen molar-refractivity contribution in [3.05, 3.63) is 12.7 Å². The zero-order chi connectivity index (χ0) is 13.9. The molecule has 0 rings (SSSR count). The lowest BCUT2D eigenvalue weighted by Gasteiger charge is -2.26. The molecule has 0 unspecified atom stereocenters. The molecule has 0 aromatic rings. The summed E-state index contributed by atoms with van der Waals surface area (Å²) in [6.45, 7) is 10.3. The topological polar surface area (TPSA) is 63.2 Å². The maximum Gasteiger partial charge on any atom is 0.679 e. The van der Waals surface area contributed by atoms with Crippen molar-refractivity contribution in [2.45, 2.75) is 20.8 Å². The quantitative estimate of drug-likeness (QED) is 0.245. The first kappa shape index (κ1) is 17.3. The smallest absolute Gasteiger partial charge is 0.460 e. The van der Waals surface area contributed by atoms with Crippen LogP contribution in [0.25, 0.3) is 0 Å². The number of ether oxygens (including phenoxy) is 1. The summed E-state index contributed by atoms with van der Waals surface area (Å²) in [7, 11) is -3.09. The summed E-state index contributed by atoms with van der Waals surface area (Å²) < 4.78 is 26.7. The molecule has 6 nitrogen and oxygen atoms in total. The van der Waals surface area contributed by atoms with Crippen LogP contribution in [0.3, 0.4) is 0 Å². The van der Waals surface area contributed by atoms with Crippen LogP contribution in [0.5, 0.6) is 0 Å². The summed E-state index contributed by atoms with van der Waals surface area (Å²) in [4.78, 5) is 10.8. The van der Waals surface area contributed by atoms with E-state index >= 15 is 0 Å². The van der Waals surface area contributed by atoms with Crippen LogP contribution in [0.2, 0.25) is 0 Å². The van der Waals surface area contributed by atoms with Gasteiger partial charge in [-0.2, -0.15) is 0 Å². The maximum atomic E-state index is 10.8. The molecule has 0 aromatic heterocycles. The van der Waals surface area contributed by atoms with Gasteiger partial charge in [-0.3, -0.25) is 0 Å². The van der Waals surface area contributed by atoms with Crippen LogP contribution in [0.15, 0.2) is 12.7 Å². The molecule has 0 saturated carbocycles. The minimum atomic E-state index is -3.09. The fraction of sp³-hybridized carbons (Fsp3) is 0.727. The van der Waals surface area contributed by atoms with Crippen LogP contribution in [-0.4, -0.2) is 48.1 Å². The third-order valence-corrected chi connectivity index (χ3v) is 4.22. The average molecular weight is 278 g/mol. The van der Waals surface area contributed by atoms with Gasteiger partial charge < -0.3 is 22.4 Å². The Morgan fingerprint density at radius 3 is 1.89 bits per heavy atom. The molecule has 0 spiro atoms. The Labute approximate surface area is 109 Å². The molecule has 0 atom stereocenters. The van der Waals surface area contributed by atoms with Crippen molar-refractivity contribution in [2.24, 2.45) is 0 Å². The van der Waals surface area contributed by atoms with E-state index in [0.29, 0.717) is 19.8 Å². The predicted molar refractivity (Wildman–Crippen MR) is 67.7 cm³/mol. The highest BCUT2D eigenvalue weighted by molar-refractivity contribution is 6.53. The number of rotatable bonds is 11. The number of carbonyl (C=O) groups is 1. The van der Waals surface area contributed by atoms with Gasteiger partial charge in [0.25, 0.3) is 0 Å². The lowest BCUT2D eigenvalue weighted by molar-refractivity contribution is -0.139. The van der Waals surface area contributed by atoms with E-state index in [1.165, 1.54) is 0 Å². The second-order valence-corrected chi connectivity index (χ2v) is 5.17. The number of carbonyl (C=O) groups excluding carboxylic acids is 1. The maximum absolute atomic E-state index is 10.8. The Bertz CT molecular complexity index is 229. The molecule has 0 saturated heterocycles. The second-order valence-electron chi connectivity index (χ2n) is 3.02. The lowest BCUT2D eigenvalue weighted by atomic mass is 10.6. The van der Waals surface area contributed by atoms with Crippen LogP contribution in [0, 0.1) is 0 Å². The highest BCUT2D eigenvalue weighted by atomic mass is 28.4. The minimum Gasteiger partial charge on any atom is -0.460 e. The molecule has 0 bridgehead atoms. The monoisotopic (exact) mass is 278 g/mol. The zero-order valence-corrected chi connectivity index (χ0v) is 12.3. The fourth-order valence-electron chi connectivity index (χ4n) is 1.15. The summed E-state index contributed by atoms with van der Waals surface area (Å²) in [5.74, 6) is -0.491. The van der Waals surface area contributed by atoms with Gasteiger partial charge in [0.05, 0.1) is 6.61 Å². The van der Waals surface area contributed by atoms with Crippen LogP contribution >= 0.6 is 0 Å². The van der Waals surface area contributed by atoms with Crippen molar-refractivity contribution in [3.8, 4) is 0 Å². The molecule has 18 heavy (non-hydrogen) atoms. The molecular formula is C11H22O6Si. The highest BCUT2D eigenvalue weighted by Crippen LogP contribution is 2.11. The second kappa shape index (κ2) is 10.2. The van der Waals surface area contributed by atoms with E-state index in [1.807, 2.05) is 20.8 Å². The van der Waals surface area contributed by atoms with E-state index in [9.17, 15) is 4.79 Å². The van der Waals surface area contributed by atoms with Crippen LogP contribution < -0.4 is 0 Å². The first-order valence-electron chi connectivity index (χ1n) is 5.99. The molecule has 7 heteroatoms. The summed E-state index contributed by atoms with van der Waals surface area (Å²) in [6.07, 6.45) is 1.10. The molecule has 0 fully saturated rings. The molecule has 0 heterocycles. The van der Waals surface area contributed by atoms with Crippen LogP contribution in [-0.2, 0) is 27.2 Å². The summed E-state index contributed by atoms with van der Waals surface area (Å²) >= 11 is 0. The van der Waals surface area contributed by atoms with E-state index in [-0.39, 0.29) is 13.2 Å². The third kappa shape index (κ3) is 6.87. The molecule has 0 aliphatic carbocycles. The van der Waals surface area contributed by atoms with Gasteiger partial charge in [0.2, 0.25) is 0 Å². The first-order chi connectivity index (χ1) is 8.64. The van der Waals surface area contributed by atoms with E-state index < -0.39 is 15.0 Å². The van der Waals surface area contributed by atoms with Crippen LogP contribution in [0.4, 0.5) is 0 Å². The largest absolute Gasteiger partial charge is 0.679 e. The third-order valence-electron chi connectivity index (χ3n) is 1.74. The minimum absolute atomic E-state index is 0.104. The number of hydrogen-bond donors (Lipinski definition) is 0.